The maximum Gasteiger partial charge on any atom is 0.132 e. The number of rotatable bonds is 5. The second-order valence-electron chi connectivity index (χ2n) is 5.53. The van der Waals surface area contributed by atoms with Crippen molar-refractivity contribution >= 4 is 5.82 Å². The molecule has 1 saturated heterocycles. The average molecular weight is 299 g/mol. The van der Waals surface area contributed by atoms with Gasteiger partial charge in [0.1, 0.15) is 17.9 Å². The standard InChI is InChI=1S/C17H21N3O2/c1-20(10-13-5-3-4-6-16(13)21-2)17-9-15(18-12-19-17)14-7-8-22-11-14/h3-6,9,12,14H,7-8,10-11H2,1-2H3/t14-/m0/s1. The molecule has 1 fully saturated rings. The zero-order chi connectivity index (χ0) is 15.4. The molecule has 1 atom stereocenters. The summed E-state index contributed by atoms with van der Waals surface area (Å²) < 4.78 is 10.9. The molecule has 1 aromatic heterocycles. The first-order valence-corrected chi connectivity index (χ1v) is 7.50. The van der Waals surface area contributed by atoms with E-state index in [2.05, 4.69) is 27.0 Å². The minimum Gasteiger partial charge on any atom is -0.496 e. The van der Waals surface area contributed by atoms with E-state index in [1.807, 2.05) is 25.2 Å². The predicted molar refractivity (Wildman–Crippen MR) is 85.3 cm³/mol. The summed E-state index contributed by atoms with van der Waals surface area (Å²) in [5.74, 6) is 2.21. The smallest absolute Gasteiger partial charge is 0.132 e. The van der Waals surface area contributed by atoms with Gasteiger partial charge in [0.15, 0.2) is 0 Å². The molecule has 2 heterocycles. The van der Waals surface area contributed by atoms with Gasteiger partial charge in [0.05, 0.1) is 19.4 Å². The molecule has 22 heavy (non-hydrogen) atoms. The van der Waals surface area contributed by atoms with Crippen molar-refractivity contribution in [2.24, 2.45) is 0 Å². The second kappa shape index (κ2) is 6.75. The van der Waals surface area contributed by atoms with E-state index in [0.717, 1.165) is 49.0 Å². The number of benzene rings is 1. The maximum atomic E-state index is 5.45. The Labute approximate surface area is 130 Å². The Hall–Kier alpha value is -2.14. The summed E-state index contributed by atoms with van der Waals surface area (Å²) in [7, 11) is 3.73. The minimum atomic E-state index is 0.390. The summed E-state index contributed by atoms with van der Waals surface area (Å²) in [5, 5.41) is 0. The van der Waals surface area contributed by atoms with E-state index in [9.17, 15) is 0 Å². The highest BCUT2D eigenvalue weighted by Crippen LogP contribution is 2.26. The van der Waals surface area contributed by atoms with Crippen LogP contribution in [0.15, 0.2) is 36.7 Å². The van der Waals surface area contributed by atoms with Gasteiger partial charge < -0.3 is 14.4 Å². The van der Waals surface area contributed by atoms with Crippen LogP contribution in [0.4, 0.5) is 5.82 Å². The highest BCUT2D eigenvalue weighted by Gasteiger charge is 2.20. The van der Waals surface area contributed by atoms with Crippen LogP contribution in [0.1, 0.15) is 23.6 Å². The second-order valence-corrected chi connectivity index (χ2v) is 5.53. The van der Waals surface area contributed by atoms with Gasteiger partial charge in [-0.05, 0) is 12.5 Å². The van der Waals surface area contributed by atoms with Gasteiger partial charge in [-0.2, -0.15) is 0 Å². The molecule has 2 aromatic rings. The molecule has 0 N–H and O–H groups in total. The summed E-state index contributed by atoms with van der Waals surface area (Å²) in [4.78, 5) is 10.9. The number of hydrogen-bond acceptors (Lipinski definition) is 5. The van der Waals surface area contributed by atoms with Gasteiger partial charge in [0.25, 0.3) is 0 Å². The third-order valence-corrected chi connectivity index (χ3v) is 4.01. The number of para-hydroxylation sites is 1. The number of hydrogen-bond donors (Lipinski definition) is 0. The van der Waals surface area contributed by atoms with Gasteiger partial charge in [-0.3, -0.25) is 0 Å². The SMILES string of the molecule is COc1ccccc1CN(C)c1cc([C@H]2CCOC2)ncn1. The van der Waals surface area contributed by atoms with E-state index in [0.29, 0.717) is 5.92 Å². The predicted octanol–water partition coefficient (Wildman–Crippen LogP) is 2.63. The summed E-state index contributed by atoms with van der Waals surface area (Å²) in [6, 6.07) is 10.1. The van der Waals surface area contributed by atoms with Crippen LogP contribution in [0.2, 0.25) is 0 Å². The Kier molecular flexibility index (Phi) is 4.53. The van der Waals surface area contributed by atoms with E-state index in [4.69, 9.17) is 9.47 Å². The molecule has 0 spiro atoms. The third-order valence-electron chi connectivity index (χ3n) is 4.01. The van der Waals surface area contributed by atoms with Crippen molar-refractivity contribution in [1.29, 1.82) is 0 Å². The Morgan fingerprint density at radius 3 is 2.95 bits per heavy atom. The monoisotopic (exact) mass is 299 g/mol. The topological polar surface area (TPSA) is 47.5 Å². The van der Waals surface area contributed by atoms with Gasteiger partial charge in [-0.25, -0.2) is 9.97 Å². The van der Waals surface area contributed by atoms with E-state index in [1.165, 1.54) is 0 Å². The lowest BCUT2D eigenvalue weighted by Crippen LogP contribution is -2.19. The fraction of sp³-hybridized carbons (Fsp3) is 0.412. The first kappa shape index (κ1) is 14.8. The van der Waals surface area contributed by atoms with Gasteiger partial charge in [0.2, 0.25) is 0 Å². The fourth-order valence-electron chi connectivity index (χ4n) is 2.73. The van der Waals surface area contributed by atoms with E-state index >= 15 is 0 Å². The number of methoxy groups -OCH3 is 1. The van der Waals surface area contributed by atoms with Crippen molar-refractivity contribution in [3.63, 3.8) is 0 Å². The first-order chi connectivity index (χ1) is 10.8. The molecule has 0 bridgehead atoms. The summed E-state index contributed by atoms with van der Waals surface area (Å²) in [6.45, 7) is 2.31. The molecule has 116 valence electrons. The number of nitrogens with zero attached hydrogens (tertiary/aromatic N) is 3. The van der Waals surface area contributed by atoms with Crippen molar-refractivity contribution in [2.45, 2.75) is 18.9 Å². The molecule has 0 radical (unpaired) electrons. The summed E-state index contributed by atoms with van der Waals surface area (Å²) in [5.41, 5.74) is 2.20. The number of aromatic nitrogens is 2. The maximum absolute atomic E-state index is 5.45. The normalized spacial score (nSPS) is 17.5. The van der Waals surface area contributed by atoms with Gasteiger partial charge >= 0.3 is 0 Å². The number of anilines is 1. The van der Waals surface area contributed by atoms with Crippen LogP contribution in [-0.4, -0.2) is 37.3 Å². The van der Waals surface area contributed by atoms with Crippen molar-refractivity contribution in [2.75, 3.05) is 32.3 Å². The van der Waals surface area contributed by atoms with Gasteiger partial charge in [-0.15, -0.1) is 0 Å². The van der Waals surface area contributed by atoms with Crippen LogP contribution in [-0.2, 0) is 11.3 Å². The Morgan fingerprint density at radius 1 is 1.32 bits per heavy atom. The molecule has 0 saturated carbocycles. The lowest BCUT2D eigenvalue weighted by Gasteiger charge is -2.20. The molecule has 5 heteroatoms. The van der Waals surface area contributed by atoms with Crippen molar-refractivity contribution in [1.82, 2.24) is 9.97 Å². The molecule has 1 aliphatic rings. The lowest BCUT2D eigenvalue weighted by atomic mass is 10.0. The molecular weight excluding hydrogens is 278 g/mol. The van der Waals surface area contributed by atoms with E-state index in [-0.39, 0.29) is 0 Å². The molecule has 0 amide bonds. The highest BCUT2D eigenvalue weighted by atomic mass is 16.5. The van der Waals surface area contributed by atoms with Crippen LogP contribution in [0.5, 0.6) is 5.75 Å². The molecule has 3 rings (SSSR count). The van der Waals surface area contributed by atoms with Crippen LogP contribution >= 0.6 is 0 Å². The van der Waals surface area contributed by atoms with Crippen LogP contribution in [0.25, 0.3) is 0 Å². The zero-order valence-corrected chi connectivity index (χ0v) is 13.0. The summed E-state index contributed by atoms with van der Waals surface area (Å²) in [6.07, 6.45) is 2.67. The third kappa shape index (κ3) is 3.20. The van der Waals surface area contributed by atoms with E-state index < -0.39 is 0 Å². The van der Waals surface area contributed by atoms with Crippen molar-refractivity contribution in [3.05, 3.63) is 47.9 Å². The van der Waals surface area contributed by atoms with Crippen LogP contribution < -0.4 is 9.64 Å². The largest absolute Gasteiger partial charge is 0.496 e. The number of ether oxygens (including phenoxy) is 2. The lowest BCUT2D eigenvalue weighted by molar-refractivity contribution is 0.193. The quantitative estimate of drug-likeness (QED) is 0.849. The van der Waals surface area contributed by atoms with Crippen LogP contribution in [0.3, 0.4) is 0 Å². The Bertz CT molecular complexity index is 627. The molecule has 5 nitrogen and oxygen atoms in total. The average Bonchev–Trinajstić information content (AvgIpc) is 3.10. The van der Waals surface area contributed by atoms with Crippen LogP contribution in [0, 0.1) is 0 Å². The Morgan fingerprint density at radius 2 is 2.18 bits per heavy atom. The Balaban J connectivity index is 1.77. The molecule has 0 aliphatic carbocycles. The first-order valence-electron chi connectivity index (χ1n) is 7.50. The summed E-state index contributed by atoms with van der Waals surface area (Å²) >= 11 is 0. The fourth-order valence-corrected chi connectivity index (χ4v) is 2.73. The molecular formula is C17H21N3O2. The van der Waals surface area contributed by atoms with Crippen molar-refractivity contribution < 1.29 is 9.47 Å². The molecule has 0 unspecified atom stereocenters. The van der Waals surface area contributed by atoms with Gasteiger partial charge in [-0.1, -0.05) is 18.2 Å². The van der Waals surface area contributed by atoms with Gasteiger partial charge in [0, 0.05) is 37.7 Å². The van der Waals surface area contributed by atoms with Crippen molar-refractivity contribution in [3.8, 4) is 5.75 Å². The van der Waals surface area contributed by atoms with E-state index in [1.54, 1.807) is 13.4 Å². The minimum absolute atomic E-state index is 0.390. The zero-order valence-electron chi connectivity index (χ0n) is 13.0. The molecule has 1 aromatic carbocycles. The molecule has 1 aliphatic heterocycles. The highest BCUT2D eigenvalue weighted by molar-refractivity contribution is 5.42.